The van der Waals surface area contributed by atoms with E-state index in [1.54, 1.807) is 0 Å². The highest BCUT2D eigenvalue weighted by atomic mass is 16.3. The number of likely N-dealkylation sites (tertiary alicyclic amines) is 1. The fraction of sp³-hybridized carbons (Fsp3) is 1.00. The molecule has 1 aliphatic carbocycles. The molecule has 0 aromatic rings. The summed E-state index contributed by atoms with van der Waals surface area (Å²) in [6, 6.07) is 0. The van der Waals surface area contributed by atoms with Crippen LogP contribution >= 0.6 is 0 Å². The molecule has 100 valence electrons. The van der Waals surface area contributed by atoms with Gasteiger partial charge in [0.1, 0.15) is 0 Å². The van der Waals surface area contributed by atoms with Gasteiger partial charge in [-0.2, -0.15) is 0 Å². The highest BCUT2D eigenvalue weighted by molar-refractivity contribution is 4.84. The van der Waals surface area contributed by atoms with Crippen LogP contribution in [0.15, 0.2) is 0 Å². The average Bonchev–Trinajstić information content (AvgIpc) is 2.35. The second-order valence-corrected chi connectivity index (χ2v) is 6.58. The zero-order valence-corrected chi connectivity index (χ0v) is 11.6. The van der Waals surface area contributed by atoms with E-state index in [0.29, 0.717) is 11.3 Å². The monoisotopic (exact) mass is 239 g/mol. The summed E-state index contributed by atoms with van der Waals surface area (Å²) in [6.07, 6.45) is 8.79. The van der Waals surface area contributed by atoms with Crippen molar-refractivity contribution < 1.29 is 5.11 Å². The van der Waals surface area contributed by atoms with Crippen LogP contribution in [0, 0.1) is 11.3 Å². The third-order valence-corrected chi connectivity index (χ3v) is 5.28. The van der Waals surface area contributed by atoms with Crippen LogP contribution in [-0.4, -0.2) is 35.7 Å². The average molecular weight is 239 g/mol. The van der Waals surface area contributed by atoms with Gasteiger partial charge in [0.15, 0.2) is 0 Å². The molecule has 0 aromatic carbocycles. The Kier molecular flexibility index (Phi) is 4.48. The van der Waals surface area contributed by atoms with Crippen LogP contribution in [0.25, 0.3) is 0 Å². The fourth-order valence-corrected chi connectivity index (χ4v) is 3.36. The predicted octanol–water partition coefficient (Wildman–Crippen LogP) is 3.05. The summed E-state index contributed by atoms with van der Waals surface area (Å²) in [5.41, 5.74) is 0.585. The normalized spacial score (nSPS) is 34.8. The van der Waals surface area contributed by atoms with Gasteiger partial charge in [0, 0.05) is 6.54 Å². The summed E-state index contributed by atoms with van der Waals surface area (Å²) in [5, 5.41) is 10.0. The molecule has 1 saturated heterocycles. The Hall–Kier alpha value is -0.0800. The standard InChI is InChI=1S/C15H29NO/c1-3-15(2)8-10-16(11-9-15)12-13-6-4-5-7-14(13)17/h13-14,17H,3-12H2,1-2H3. The minimum Gasteiger partial charge on any atom is -0.393 e. The van der Waals surface area contributed by atoms with E-state index in [-0.39, 0.29) is 6.10 Å². The first kappa shape index (κ1) is 13.4. The SMILES string of the molecule is CCC1(C)CCN(CC2CCCCC2O)CC1. The van der Waals surface area contributed by atoms with Gasteiger partial charge in [-0.3, -0.25) is 0 Å². The van der Waals surface area contributed by atoms with Crippen molar-refractivity contribution in [1.29, 1.82) is 0 Å². The molecule has 0 bridgehead atoms. The fourth-order valence-electron chi connectivity index (χ4n) is 3.36. The number of aliphatic hydroxyl groups is 1. The third-order valence-electron chi connectivity index (χ3n) is 5.28. The van der Waals surface area contributed by atoms with Gasteiger partial charge in [0.25, 0.3) is 0 Å². The lowest BCUT2D eigenvalue weighted by Crippen LogP contribution is -2.43. The molecule has 2 heteroatoms. The van der Waals surface area contributed by atoms with Crippen molar-refractivity contribution in [3.05, 3.63) is 0 Å². The predicted molar refractivity (Wildman–Crippen MR) is 72.0 cm³/mol. The number of hydrogen-bond acceptors (Lipinski definition) is 2. The molecule has 2 fully saturated rings. The van der Waals surface area contributed by atoms with Crippen molar-refractivity contribution in [2.75, 3.05) is 19.6 Å². The van der Waals surface area contributed by atoms with Crippen molar-refractivity contribution in [1.82, 2.24) is 4.90 Å². The molecule has 1 N–H and O–H groups in total. The van der Waals surface area contributed by atoms with Crippen LogP contribution in [-0.2, 0) is 0 Å². The van der Waals surface area contributed by atoms with E-state index in [0.717, 1.165) is 13.0 Å². The van der Waals surface area contributed by atoms with Crippen molar-refractivity contribution in [3.63, 3.8) is 0 Å². The Morgan fingerprint density at radius 2 is 1.82 bits per heavy atom. The van der Waals surface area contributed by atoms with Crippen LogP contribution in [0.1, 0.15) is 58.8 Å². The van der Waals surface area contributed by atoms with E-state index in [1.165, 1.54) is 51.6 Å². The Morgan fingerprint density at radius 1 is 1.18 bits per heavy atom. The van der Waals surface area contributed by atoms with Crippen molar-refractivity contribution in [2.45, 2.75) is 64.9 Å². The third kappa shape index (κ3) is 3.45. The molecule has 0 aromatic heterocycles. The lowest BCUT2D eigenvalue weighted by atomic mass is 9.77. The van der Waals surface area contributed by atoms with E-state index in [2.05, 4.69) is 18.7 Å². The number of piperidine rings is 1. The smallest absolute Gasteiger partial charge is 0.0580 e. The highest BCUT2D eigenvalue weighted by Crippen LogP contribution is 2.35. The minimum atomic E-state index is -0.0248. The molecule has 2 aliphatic rings. The maximum absolute atomic E-state index is 10.0. The number of hydrogen-bond donors (Lipinski definition) is 1. The van der Waals surface area contributed by atoms with Gasteiger partial charge in [-0.25, -0.2) is 0 Å². The molecule has 2 nitrogen and oxygen atoms in total. The number of aliphatic hydroxyl groups excluding tert-OH is 1. The van der Waals surface area contributed by atoms with Gasteiger partial charge < -0.3 is 10.0 Å². The maximum atomic E-state index is 10.0. The van der Waals surface area contributed by atoms with Gasteiger partial charge in [-0.15, -0.1) is 0 Å². The minimum absolute atomic E-state index is 0.0248. The van der Waals surface area contributed by atoms with E-state index in [9.17, 15) is 5.11 Å². The van der Waals surface area contributed by atoms with Gasteiger partial charge in [0.2, 0.25) is 0 Å². The summed E-state index contributed by atoms with van der Waals surface area (Å²) in [7, 11) is 0. The Labute approximate surface area is 106 Å². The van der Waals surface area contributed by atoms with Gasteiger partial charge in [0.05, 0.1) is 6.10 Å². The molecule has 2 unspecified atom stereocenters. The summed E-state index contributed by atoms with van der Waals surface area (Å²) >= 11 is 0. The molecule has 0 radical (unpaired) electrons. The van der Waals surface area contributed by atoms with Crippen LogP contribution < -0.4 is 0 Å². The molecule has 1 heterocycles. The van der Waals surface area contributed by atoms with E-state index >= 15 is 0 Å². The van der Waals surface area contributed by atoms with Crippen molar-refractivity contribution in [2.24, 2.45) is 11.3 Å². The first-order valence-corrected chi connectivity index (χ1v) is 7.53. The zero-order chi connectivity index (χ0) is 12.3. The van der Waals surface area contributed by atoms with Crippen LogP contribution in [0.2, 0.25) is 0 Å². The topological polar surface area (TPSA) is 23.5 Å². The molecule has 1 aliphatic heterocycles. The van der Waals surface area contributed by atoms with Crippen molar-refractivity contribution >= 4 is 0 Å². The summed E-state index contributed by atoms with van der Waals surface area (Å²) in [5.74, 6) is 0.551. The largest absolute Gasteiger partial charge is 0.393 e. The quantitative estimate of drug-likeness (QED) is 0.818. The van der Waals surface area contributed by atoms with E-state index in [1.807, 2.05) is 0 Å². The van der Waals surface area contributed by atoms with E-state index < -0.39 is 0 Å². The lowest BCUT2D eigenvalue weighted by Gasteiger charge is -2.41. The molecular weight excluding hydrogens is 210 g/mol. The Morgan fingerprint density at radius 3 is 2.41 bits per heavy atom. The first-order valence-electron chi connectivity index (χ1n) is 7.53. The second kappa shape index (κ2) is 5.71. The Bertz CT molecular complexity index is 233. The molecule has 1 saturated carbocycles. The van der Waals surface area contributed by atoms with Gasteiger partial charge in [-0.1, -0.05) is 33.1 Å². The molecule has 0 spiro atoms. The summed E-state index contributed by atoms with van der Waals surface area (Å²) in [4.78, 5) is 2.59. The Balaban J connectivity index is 1.77. The van der Waals surface area contributed by atoms with Crippen LogP contribution in [0.4, 0.5) is 0 Å². The highest BCUT2D eigenvalue weighted by Gasteiger charge is 2.31. The second-order valence-electron chi connectivity index (χ2n) is 6.58. The van der Waals surface area contributed by atoms with E-state index in [4.69, 9.17) is 0 Å². The maximum Gasteiger partial charge on any atom is 0.0580 e. The number of nitrogens with zero attached hydrogens (tertiary/aromatic N) is 1. The summed E-state index contributed by atoms with van der Waals surface area (Å²) < 4.78 is 0. The lowest BCUT2D eigenvalue weighted by molar-refractivity contribution is 0.0285. The molecule has 0 amide bonds. The van der Waals surface area contributed by atoms with Crippen LogP contribution in [0.5, 0.6) is 0 Å². The van der Waals surface area contributed by atoms with Crippen LogP contribution in [0.3, 0.4) is 0 Å². The summed E-state index contributed by atoms with van der Waals surface area (Å²) in [6.45, 7) is 8.38. The molecular formula is C15H29NO. The van der Waals surface area contributed by atoms with Gasteiger partial charge in [-0.05, 0) is 50.1 Å². The molecule has 17 heavy (non-hydrogen) atoms. The molecule has 2 atom stereocenters. The van der Waals surface area contributed by atoms with Crippen molar-refractivity contribution in [3.8, 4) is 0 Å². The number of rotatable bonds is 3. The van der Waals surface area contributed by atoms with Gasteiger partial charge >= 0.3 is 0 Å². The zero-order valence-electron chi connectivity index (χ0n) is 11.6. The molecule has 2 rings (SSSR count). The first-order chi connectivity index (χ1) is 8.13.